The third-order valence-electron chi connectivity index (χ3n) is 2.56. The molecular weight excluding hydrogens is 202 g/mol. The molecule has 0 bridgehead atoms. The summed E-state index contributed by atoms with van der Waals surface area (Å²) >= 11 is 0. The Hall–Kier alpha value is -2.03. The Bertz CT molecular complexity index is 540. The molecule has 1 heterocycles. The molecule has 0 amide bonds. The molecule has 3 nitrogen and oxygen atoms in total. The maximum absolute atomic E-state index is 11.6. The Morgan fingerprint density at radius 1 is 1.56 bits per heavy atom. The van der Waals surface area contributed by atoms with Gasteiger partial charge < -0.3 is 9.72 Å². The first kappa shape index (κ1) is 10.5. The summed E-state index contributed by atoms with van der Waals surface area (Å²) in [5.41, 5.74) is 2.60. The minimum absolute atomic E-state index is 0.310. The highest BCUT2D eigenvalue weighted by Crippen LogP contribution is 2.23. The van der Waals surface area contributed by atoms with Gasteiger partial charge in [-0.2, -0.15) is 0 Å². The number of carbonyl (C=O) groups excluding carboxylic acids is 1. The third kappa shape index (κ3) is 1.60. The standard InChI is InChI=1S/C13H13NO2/c1-3-5-9-8-14-11-7-4-6-10(12(9)11)13(15)16-2/h3-4,6-8,14H,1,5H2,2H3. The smallest absolute Gasteiger partial charge is 0.338 e. The Morgan fingerprint density at radius 3 is 3.06 bits per heavy atom. The number of allylic oxidation sites excluding steroid dienone is 1. The van der Waals surface area contributed by atoms with E-state index < -0.39 is 0 Å². The molecule has 0 saturated carbocycles. The van der Waals surface area contributed by atoms with Crippen LogP contribution < -0.4 is 0 Å². The van der Waals surface area contributed by atoms with Crippen molar-refractivity contribution in [3.63, 3.8) is 0 Å². The second kappa shape index (κ2) is 4.23. The number of benzene rings is 1. The Kier molecular flexibility index (Phi) is 2.77. The first-order valence-electron chi connectivity index (χ1n) is 5.06. The number of rotatable bonds is 3. The number of ether oxygens (including phenoxy) is 1. The van der Waals surface area contributed by atoms with Gasteiger partial charge >= 0.3 is 5.97 Å². The maximum Gasteiger partial charge on any atom is 0.338 e. The number of H-pyrrole nitrogens is 1. The molecule has 0 aliphatic rings. The Labute approximate surface area is 93.7 Å². The summed E-state index contributed by atoms with van der Waals surface area (Å²) in [6, 6.07) is 5.55. The zero-order chi connectivity index (χ0) is 11.5. The maximum atomic E-state index is 11.6. The fraction of sp³-hybridized carbons (Fsp3) is 0.154. The van der Waals surface area contributed by atoms with Crippen molar-refractivity contribution in [3.8, 4) is 0 Å². The number of aromatic amines is 1. The van der Waals surface area contributed by atoms with E-state index in [1.54, 1.807) is 6.07 Å². The SMILES string of the molecule is C=CCc1c[nH]c2cccc(C(=O)OC)c12. The summed E-state index contributed by atoms with van der Waals surface area (Å²) in [6.07, 6.45) is 4.45. The van der Waals surface area contributed by atoms with E-state index in [4.69, 9.17) is 4.74 Å². The number of hydrogen-bond acceptors (Lipinski definition) is 2. The van der Waals surface area contributed by atoms with Crippen LogP contribution in [0.1, 0.15) is 15.9 Å². The zero-order valence-corrected chi connectivity index (χ0v) is 9.12. The molecule has 0 radical (unpaired) electrons. The van der Waals surface area contributed by atoms with Crippen LogP contribution in [0, 0.1) is 0 Å². The van der Waals surface area contributed by atoms with Crippen molar-refractivity contribution in [3.05, 3.63) is 48.2 Å². The molecule has 0 saturated heterocycles. The molecule has 0 atom stereocenters. The third-order valence-corrected chi connectivity index (χ3v) is 2.56. The number of fused-ring (bicyclic) bond motifs is 1. The van der Waals surface area contributed by atoms with Gasteiger partial charge in [0.25, 0.3) is 0 Å². The van der Waals surface area contributed by atoms with E-state index in [9.17, 15) is 4.79 Å². The molecule has 2 aromatic rings. The Morgan fingerprint density at radius 2 is 2.38 bits per heavy atom. The first-order chi connectivity index (χ1) is 7.77. The summed E-state index contributed by atoms with van der Waals surface area (Å²) in [5.74, 6) is -0.310. The molecular formula is C13H13NO2. The van der Waals surface area contributed by atoms with Crippen molar-refractivity contribution >= 4 is 16.9 Å². The summed E-state index contributed by atoms with van der Waals surface area (Å²) in [5, 5.41) is 0.925. The van der Waals surface area contributed by atoms with E-state index in [2.05, 4.69) is 11.6 Å². The number of carbonyl (C=O) groups is 1. The van der Waals surface area contributed by atoms with Crippen LogP contribution in [0.4, 0.5) is 0 Å². The molecule has 0 fully saturated rings. The van der Waals surface area contributed by atoms with Gasteiger partial charge in [0, 0.05) is 17.1 Å². The van der Waals surface area contributed by atoms with Gasteiger partial charge in [0.1, 0.15) is 0 Å². The molecule has 0 aliphatic heterocycles. The number of esters is 1. The van der Waals surface area contributed by atoms with Gasteiger partial charge in [-0.15, -0.1) is 6.58 Å². The molecule has 1 aromatic carbocycles. The lowest BCUT2D eigenvalue weighted by Crippen LogP contribution is -2.02. The molecule has 2 rings (SSSR count). The van der Waals surface area contributed by atoms with Gasteiger partial charge in [0.05, 0.1) is 12.7 Å². The fourth-order valence-corrected chi connectivity index (χ4v) is 1.85. The van der Waals surface area contributed by atoms with Gasteiger partial charge in [-0.25, -0.2) is 4.79 Å². The van der Waals surface area contributed by atoms with Crippen LogP contribution in [0.3, 0.4) is 0 Å². The van der Waals surface area contributed by atoms with Crippen molar-refractivity contribution < 1.29 is 9.53 Å². The monoisotopic (exact) mass is 215 g/mol. The summed E-state index contributed by atoms with van der Waals surface area (Å²) < 4.78 is 4.77. The normalized spacial score (nSPS) is 10.3. The van der Waals surface area contributed by atoms with Gasteiger partial charge in [-0.3, -0.25) is 0 Å². The summed E-state index contributed by atoms with van der Waals surface area (Å²) in [4.78, 5) is 14.8. The number of nitrogens with one attached hydrogen (secondary N) is 1. The molecule has 16 heavy (non-hydrogen) atoms. The lowest BCUT2D eigenvalue weighted by Gasteiger charge is -2.02. The highest BCUT2D eigenvalue weighted by atomic mass is 16.5. The molecule has 82 valence electrons. The van der Waals surface area contributed by atoms with Crippen LogP contribution in [0.5, 0.6) is 0 Å². The van der Waals surface area contributed by atoms with Crippen molar-refractivity contribution in [2.45, 2.75) is 6.42 Å². The number of aromatic nitrogens is 1. The van der Waals surface area contributed by atoms with Crippen molar-refractivity contribution in [2.75, 3.05) is 7.11 Å². The summed E-state index contributed by atoms with van der Waals surface area (Å²) in [7, 11) is 1.39. The predicted molar refractivity (Wildman–Crippen MR) is 63.5 cm³/mol. The topological polar surface area (TPSA) is 42.1 Å². The van der Waals surface area contributed by atoms with Crippen molar-refractivity contribution in [2.24, 2.45) is 0 Å². The van der Waals surface area contributed by atoms with Gasteiger partial charge in [-0.1, -0.05) is 12.1 Å². The number of hydrogen-bond donors (Lipinski definition) is 1. The lowest BCUT2D eigenvalue weighted by molar-refractivity contribution is 0.0603. The van der Waals surface area contributed by atoms with E-state index in [-0.39, 0.29) is 5.97 Å². The molecule has 0 spiro atoms. The average molecular weight is 215 g/mol. The lowest BCUT2D eigenvalue weighted by atomic mass is 10.0. The van der Waals surface area contributed by atoms with Crippen LogP contribution in [-0.2, 0) is 11.2 Å². The van der Waals surface area contributed by atoms with E-state index in [1.165, 1.54) is 7.11 Å². The van der Waals surface area contributed by atoms with Crippen molar-refractivity contribution in [1.29, 1.82) is 0 Å². The molecule has 1 aromatic heterocycles. The molecule has 0 unspecified atom stereocenters. The minimum atomic E-state index is -0.310. The molecule has 3 heteroatoms. The second-order valence-electron chi connectivity index (χ2n) is 3.53. The van der Waals surface area contributed by atoms with Crippen LogP contribution in [0.25, 0.3) is 10.9 Å². The van der Waals surface area contributed by atoms with E-state index in [0.29, 0.717) is 5.56 Å². The van der Waals surface area contributed by atoms with Gasteiger partial charge in [-0.05, 0) is 24.1 Å². The van der Waals surface area contributed by atoms with Crippen LogP contribution >= 0.6 is 0 Å². The largest absolute Gasteiger partial charge is 0.465 e. The minimum Gasteiger partial charge on any atom is -0.465 e. The van der Waals surface area contributed by atoms with E-state index in [0.717, 1.165) is 22.9 Å². The predicted octanol–water partition coefficient (Wildman–Crippen LogP) is 2.68. The highest BCUT2D eigenvalue weighted by Gasteiger charge is 2.13. The summed E-state index contributed by atoms with van der Waals surface area (Å²) in [6.45, 7) is 3.71. The zero-order valence-electron chi connectivity index (χ0n) is 9.12. The van der Waals surface area contributed by atoms with Crippen LogP contribution in [0.2, 0.25) is 0 Å². The number of methoxy groups -OCH3 is 1. The molecule has 0 aliphatic carbocycles. The van der Waals surface area contributed by atoms with E-state index in [1.807, 2.05) is 24.4 Å². The van der Waals surface area contributed by atoms with Gasteiger partial charge in [0.15, 0.2) is 0 Å². The highest BCUT2D eigenvalue weighted by molar-refractivity contribution is 6.05. The van der Waals surface area contributed by atoms with Crippen molar-refractivity contribution in [1.82, 2.24) is 4.98 Å². The Balaban J connectivity index is 2.67. The van der Waals surface area contributed by atoms with Gasteiger partial charge in [0.2, 0.25) is 0 Å². The van der Waals surface area contributed by atoms with Crippen LogP contribution in [0.15, 0.2) is 37.1 Å². The average Bonchev–Trinajstić information content (AvgIpc) is 2.72. The first-order valence-corrected chi connectivity index (χ1v) is 5.06. The quantitative estimate of drug-likeness (QED) is 0.631. The van der Waals surface area contributed by atoms with E-state index >= 15 is 0 Å². The van der Waals surface area contributed by atoms with Crippen LogP contribution in [-0.4, -0.2) is 18.1 Å². The fourth-order valence-electron chi connectivity index (χ4n) is 1.85. The second-order valence-corrected chi connectivity index (χ2v) is 3.53. The molecule has 1 N–H and O–H groups in total.